The molecule has 0 unspecified atom stereocenters. The lowest BCUT2D eigenvalue weighted by atomic mass is 10.1. The first kappa shape index (κ1) is 13.0. The Hall–Kier alpha value is -1.42. The highest BCUT2D eigenvalue weighted by Gasteiger charge is 2.29. The monoisotopic (exact) mass is 265 g/mol. The predicted octanol–water partition coefficient (Wildman–Crippen LogP) is 0.421. The van der Waals surface area contributed by atoms with Gasteiger partial charge in [-0.3, -0.25) is 0 Å². The van der Waals surface area contributed by atoms with Crippen LogP contribution in [0.5, 0.6) is 0 Å². The van der Waals surface area contributed by atoms with Gasteiger partial charge in [0.1, 0.15) is 0 Å². The lowest BCUT2D eigenvalue weighted by molar-refractivity contribution is 0.471. The molecule has 18 heavy (non-hydrogen) atoms. The molecule has 0 saturated carbocycles. The Morgan fingerprint density at radius 3 is 2.78 bits per heavy atom. The molecule has 5 nitrogen and oxygen atoms in total. The van der Waals surface area contributed by atoms with Crippen molar-refractivity contribution in [3.8, 4) is 6.07 Å². The zero-order valence-electron chi connectivity index (χ0n) is 9.91. The van der Waals surface area contributed by atoms with Crippen LogP contribution in [0.2, 0.25) is 0 Å². The van der Waals surface area contributed by atoms with Crippen LogP contribution < -0.4 is 5.73 Å². The minimum absolute atomic E-state index is 0.0778. The van der Waals surface area contributed by atoms with E-state index < -0.39 is 10.0 Å². The number of rotatable bonds is 3. The summed E-state index contributed by atoms with van der Waals surface area (Å²) in [5, 5.41) is 8.94. The maximum Gasteiger partial charge on any atom is 0.218 e. The minimum atomic E-state index is -3.38. The average molecular weight is 265 g/mol. The van der Waals surface area contributed by atoms with Gasteiger partial charge < -0.3 is 5.73 Å². The van der Waals surface area contributed by atoms with Gasteiger partial charge in [0, 0.05) is 19.1 Å². The van der Waals surface area contributed by atoms with Crippen molar-refractivity contribution < 1.29 is 8.42 Å². The van der Waals surface area contributed by atoms with Crippen LogP contribution in [0, 0.1) is 11.3 Å². The van der Waals surface area contributed by atoms with Crippen molar-refractivity contribution in [1.29, 1.82) is 5.26 Å². The van der Waals surface area contributed by atoms with Gasteiger partial charge in [0.05, 0.1) is 17.4 Å². The Bertz CT molecular complexity index is 577. The second kappa shape index (κ2) is 5.06. The van der Waals surface area contributed by atoms with Crippen molar-refractivity contribution in [1.82, 2.24) is 4.31 Å². The van der Waals surface area contributed by atoms with Crippen LogP contribution in [0.25, 0.3) is 0 Å². The third-order valence-corrected chi connectivity index (χ3v) is 4.85. The van der Waals surface area contributed by atoms with Crippen molar-refractivity contribution in [2.75, 3.05) is 13.1 Å². The number of hydrogen-bond acceptors (Lipinski definition) is 4. The highest BCUT2D eigenvalue weighted by atomic mass is 32.2. The molecule has 0 aromatic heterocycles. The van der Waals surface area contributed by atoms with E-state index in [9.17, 15) is 8.42 Å². The molecule has 0 radical (unpaired) electrons. The Labute approximate surface area is 107 Å². The van der Waals surface area contributed by atoms with E-state index in [4.69, 9.17) is 11.0 Å². The molecule has 1 fully saturated rings. The molecule has 0 bridgehead atoms. The van der Waals surface area contributed by atoms with Gasteiger partial charge in [-0.05, 0) is 18.1 Å². The molecule has 0 aliphatic carbocycles. The predicted molar refractivity (Wildman–Crippen MR) is 67.9 cm³/mol. The topological polar surface area (TPSA) is 87.2 Å². The molecular weight excluding hydrogens is 250 g/mol. The molecule has 1 aromatic carbocycles. The molecule has 0 amide bonds. The lowest BCUT2D eigenvalue weighted by Crippen LogP contribution is -2.32. The first-order chi connectivity index (χ1) is 8.53. The molecular formula is C12H15N3O2S. The fraction of sp³-hybridized carbons (Fsp3) is 0.417. The van der Waals surface area contributed by atoms with Gasteiger partial charge in [-0.1, -0.05) is 18.2 Å². The van der Waals surface area contributed by atoms with Crippen molar-refractivity contribution in [2.24, 2.45) is 5.73 Å². The van der Waals surface area contributed by atoms with Crippen molar-refractivity contribution >= 4 is 10.0 Å². The Kier molecular flexibility index (Phi) is 3.66. The summed E-state index contributed by atoms with van der Waals surface area (Å²) in [7, 11) is -3.38. The summed E-state index contributed by atoms with van der Waals surface area (Å²) < 4.78 is 25.8. The maximum absolute atomic E-state index is 12.2. The largest absolute Gasteiger partial charge is 0.326 e. The number of nitrogens with two attached hydrogens (primary N) is 1. The smallest absolute Gasteiger partial charge is 0.218 e. The number of nitrogens with zero attached hydrogens (tertiary/aromatic N) is 2. The van der Waals surface area contributed by atoms with Crippen LogP contribution in [-0.4, -0.2) is 31.9 Å². The van der Waals surface area contributed by atoms with Crippen LogP contribution in [0.15, 0.2) is 24.3 Å². The maximum atomic E-state index is 12.2. The molecule has 1 atom stereocenters. The molecule has 1 aromatic rings. The SMILES string of the molecule is N#Cc1ccccc1CS(=O)(=O)N1CC[C@H](N)C1. The van der Waals surface area contributed by atoms with E-state index in [0.29, 0.717) is 30.6 Å². The van der Waals surface area contributed by atoms with Crippen LogP contribution >= 0.6 is 0 Å². The third-order valence-electron chi connectivity index (χ3n) is 3.06. The van der Waals surface area contributed by atoms with E-state index >= 15 is 0 Å². The minimum Gasteiger partial charge on any atom is -0.326 e. The summed E-state index contributed by atoms with van der Waals surface area (Å²) in [6.07, 6.45) is 0.694. The first-order valence-electron chi connectivity index (χ1n) is 5.74. The van der Waals surface area contributed by atoms with E-state index in [2.05, 4.69) is 0 Å². The van der Waals surface area contributed by atoms with E-state index in [0.717, 1.165) is 0 Å². The third kappa shape index (κ3) is 2.70. The lowest BCUT2D eigenvalue weighted by Gasteiger charge is -2.16. The molecule has 96 valence electrons. The second-order valence-electron chi connectivity index (χ2n) is 4.43. The van der Waals surface area contributed by atoms with Gasteiger partial charge in [-0.2, -0.15) is 5.26 Å². The summed E-state index contributed by atoms with van der Waals surface area (Å²) in [5.41, 5.74) is 6.66. The van der Waals surface area contributed by atoms with Gasteiger partial charge in [0.2, 0.25) is 10.0 Å². The average Bonchev–Trinajstić information content (AvgIpc) is 2.77. The molecule has 1 saturated heterocycles. The summed E-state index contributed by atoms with van der Waals surface area (Å²) >= 11 is 0. The van der Waals surface area contributed by atoms with Gasteiger partial charge in [0.15, 0.2) is 0 Å². The number of sulfonamides is 1. The molecule has 2 N–H and O–H groups in total. The van der Waals surface area contributed by atoms with Crippen molar-refractivity contribution in [3.05, 3.63) is 35.4 Å². The number of hydrogen-bond donors (Lipinski definition) is 1. The van der Waals surface area contributed by atoms with Crippen LogP contribution in [-0.2, 0) is 15.8 Å². The summed E-state index contributed by atoms with van der Waals surface area (Å²) in [4.78, 5) is 0. The zero-order chi connectivity index (χ0) is 13.2. The van der Waals surface area contributed by atoms with Gasteiger partial charge in [-0.25, -0.2) is 12.7 Å². The molecule has 0 spiro atoms. The molecule has 1 aliphatic heterocycles. The van der Waals surface area contributed by atoms with E-state index in [1.807, 2.05) is 6.07 Å². The standard InChI is InChI=1S/C12H15N3O2S/c13-7-10-3-1-2-4-11(10)9-18(16,17)15-6-5-12(14)8-15/h1-4,12H,5-6,8-9,14H2/t12-/m0/s1. The van der Waals surface area contributed by atoms with Crippen LogP contribution in [0.3, 0.4) is 0 Å². The number of benzene rings is 1. The Balaban J connectivity index is 2.21. The second-order valence-corrected chi connectivity index (χ2v) is 6.40. The quantitative estimate of drug-likeness (QED) is 0.858. The molecule has 2 rings (SSSR count). The normalized spacial score (nSPS) is 20.8. The van der Waals surface area contributed by atoms with Crippen molar-refractivity contribution in [3.63, 3.8) is 0 Å². The van der Waals surface area contributed by atoms with Crippen molar-refractivity contribution in [2.45, 2.75) is 18.2 Å². The van der Waals surface area contributed by atoms with E-state index in [1.165, 1.54) is 4.31 Å². The molecule has 6 heteroatoms. The molecule has 1 aliphatic rings. The van der Waals surface area contributed by atoms with Gasteiger partial charge in [-0.15, -0.1) is 0 Å². The highest BCUT2D eigenvalue weighted by Crippen LogP contribution is 2.18. The van der Waals surface area contributed by atoms with Crippen LogP contribution in [0.4, 0.5) is 0 Å². The van der Waals surface area contributed by atoms with Gasteiger partial charge >= 0.3 is 0 Å². The summed E-state index contributed by atoms with van der Waals surface area (Å²) in [6, 6.07) is 8.69. The first-order valence-corrected chi connectivity index (χ1v) is 7.35. The van der Waals surface area contributed by atoms with E-state index in [-0.39, 0.29) is 11.8 Å². The fourth-order valence-corrected chi connectivity index (χ4v) is 3.68. The highest BCUT2D eigenvalue weighted by molar-refractivity contribution is 7.88. The molecule has 1 heterocycles. The van der Waals surface area contributed by atoms with Crippen LogP contribution in [0.1, 0.15) is 17.5 Å². The van der Waals surface area contributed by atoms with Gasteiger partial charge in [0.25, 0.3) is 0 Å². The Morgan fingerprint density at radius 2 is 2.17 bits per heavy atom. The van der Waals surface area contributed by atoms with E-state index in [1.54, 1.807) is 24.3 Å². The zero-order valence-corrected chi connectivity index (χ0v) is 10.7. The fourth-order valence-electron chi connectivity index (χ4n) is 2.05. The Morgan fingerprint density at radius 1 is 1.44 bits per heavy atom. The summed E-state index contributed by atoms with van der Waals surface area (Å²) in [6.45, 7) is 0.843. The summed E-state index contributed by atoms with van der Waals surface area (Å²) in [5.74, 6) is -0.135. The number of nitriles is 1.